The van der Waals surface area contributed by atoms with Crippen molar-refractivity contribution in [1.82, 2.24) is 4.98 Å². The highest BCUT2D eigenvalue weighted by Gasteiger charge is 1.98. The number of rotatable bonds is 0. The first-order chi connectivity index (χ1) is 5.77. The summed E-state index contributed by atoms with van der Waals surface area (Å²) in [6.45, 7) is 0. The second-order valence-corrected chi connectivity index (χ2v) is 3.49. The maximum atomic E-state index is 12.7. The van der Waals surface area contributed by atoms with Gasteiger partial charge in [-0.3, -0.25) is 0 Å². The third-order valence-electron chi connectivity index (χ3n) is 1.68. The molecule has 1 heterocycles. The minimum atomic E-state index is -0.204. The van der Waals surface area contributed by atoms with Crippen molar-refractivity contribution in [2.24, 2.45) is 0 Å². The maximum absolute atomic E-state index is 12.7. The van der Waals surface area contributed by atoms with Gasteiger partial charge in [0.15, 0.2) is 0 Å². The molecule has 0 aliphatic heterocycles. The Labute approximate surface area is 82.8 Å². The number of fused-ring (bicyclic) bond motifs is 1. The first-order valence-electron chi connectivity index (χ1n) is 3.47. The quantitative estimate of drug-likeness (QED) is 0.531. The van der Waals surface area contributed by atoms with Crippen LogP contribution in [0.2, 0.25) is 0 Å². The molecule has 12 heavy (non-hydrogen) atoms. The lowest BCUT2D eigenvalue weighted by molar-refractivity contribution is 0.629. The molecule has 0 N–H and O–H groups in total. The van der Waals surface area contributed by atoms with E-state index in [2.05, 4.69) is 27.6 Å². The molecule has 0 unspecified atom stereocenters. The molecule has 0 fully saturated rings. The lowest BCUT2D eigenvalue weighted by Crippen LogP contribution is -1.83. The van der Waals surface area contributed by atoms with Crippen molar-refractivity contribution in [2.45, 2.75) is 0 Å². The zero-order chi connectivity index (χ0) is 8.55. The van der Waals surface area contributed by atoms with E-state index in [-0.39, 0.29) is 5.82 Å². The number of aromatic nitrogens is 1. The van der Waals surface area contributed by atoms with Crippen LogP contribution in [0, 0.1) is 9.52 Å². The van der Waals surface area contributed by atoms with Crippen LogP contribution in [0.3, 0.4) is 0 Å². The molecule has 0 aliphatic rings. The van der Waals surface area contributed by atoms with Gasteiger partial charge < -0.3 is 0 Å². The summed E-state index contributed by atoms with van der Waals surface area (Å²) in [7, 11) is 0. The lowest BCUT2D eigenvalue weighted by atomic mass is 10.2. The molecular formula is C9H5FIN. The Bertz CT molecular complexity index is 428. The highest BCUT2D eigenvalue weighted by Crippen LogP contribution is 2.18. The standard InChI is InChI=1S/C9H5FIN/c10-7-1-2-8-6(5-7)3-4-12-9(8)11/h1-5H. The minimum absolute atomic E-state index is 0.204. The van der Waals surface area contributed by atoms with E-state index in [1.165, 1.54) is 12.1 Å². The van der Waals surface area contributed by atoms with Crippen LogP contribution in [-0.4, -0.2) is 4.98 Å². The van der Waals surface area contributed by atoms with E-state index in [0.717, 1.165) is 14.5 Å². The summed E-state index contributed by atoms with van der Waals surface area (Å²) < 4.78 is 13.7. The van der Waals surface area contributed by atoms with E-state index in [0.29, 0.717) is 0 Å². The predicted octanol–water partition coefficient (Wildman–Crippen LogP) is 2.98. The summed E-state index contributed by atoms with van der Waals surface area (Å²) in [5.41, 5.74) is 0. The molecule has 2 aromatic rings. The summed E-state index contributed by atoms with van der Waals surface area (Å²) in [5, 5.41) is 1.90. The summed E-state index contributed by atoms with van der Waals surface area (Å²) in [5.74, 6) is -0.204. The van der Waals surface area contributed by atoms with Crippen molar-refractivity contribution < 1.29 is 4.39 Å². The van der Waals surface area contributed by atoms with E-state index >= 15 is 0 Å². The Morgan fingerprint density at radius 2 is 2.08 bits per heavy atom. The van der Waals surface area contributed by atoms with Crippen LogP contribution < -0.4 is 0 Å². The highest BCUT2D eigenvalue weighted by molar-refractivity contribution is 14.1. The van der Waals surface area contributed by atoms with Gasteiger partial charge in [-0.05, 0) is 52.2 Å². The summed E-state index contributed by atoms with van der Waals surface area (Å²) in [4.78, 5) is 4.10. The second-order valence-electron chi connectivity index (χ2n) is 2.47. The van der Waals surface area contributed by atoms with E-state index < -0.39 is 0 Å². The molecule has 60 valence electrons. The third kappa shape index (κ3) is 1.29. The molecule has 0 radical (unpaired) electrons. The molecule has 0 saturated carbocycles. The number of benzene rings is 1. The van der Waals surface area contributed by atoms with Crippen molar-refractivity contribution in [3.8, 4) is 0 Å². The van der Waals surface area contributed by atoms with Crippen LogP contribution in [0.15, 0.2) is 30.5 Å². The van der Waals surface area contributed by atoms with Crippen LogP contribution in [0.1, 0.15) is 0 Å². The van der Waals surface area contributed by atoms with Gasteiger partial charge in [0.25, 0.3) is 0 Å². The largest absolute Gasteiger partial charge is 0.250 e. The van der Waals surface area contributed by atoms with E-state index in [9.17, 15) is 4.39 Å². The van der Waals surface area contributed by atoms with Crippen molar-refractivity contribution in [3.05, 3.63) is 40.0 Å². The molecule has 3 heteroatoms. The normalized spacial score (nSPS) is 10.5. The lowest BCUT2D eigenvalue weighted by Gasteiger charge is -1.98. The smallest absolute Gasteiger partial charge is 0.123 e. The molecule has 0 bridgehead atoms. The van der Waals surface area contributed by atoms with Gasteiger partial charge in [-0.15, -0.1) is 0 Å². The molecule has 1 aromatic carbocycles. The zero-order valence-corrected chi connectivity index (χ0v) is 8.25. The zero-order valence-electron chi connectivity index (χ0n) is 6.09. The first kappa shape index (κ1) is 7.91. The first-order valence-corrected chi connectivity index (χ1v) is 4.55. The van der Waals surface area contributed by atoms with Crippen LogP contribution in [-0.2, 0) is 0 Å². The van der Waals surface area contributed by atoms with Crippen molar-refractivity contribution >= 4 is 33.4 Å². The third-order valence-corrected chi connectivity index (χ3v) is 2.54. The van der Waals surface area contributed by atoms with Gasteiger partial charge in [-0.2, -0.15) is 0 Å². The van der Waals surface area contributed by atoms with Crippen LogP contribution in [0.5, 0.6) is 0 Å². The summed E-state index contributed by atoms with van der Waals surface area (Å²) >= 11 is 2.14. The van der Waals surface area contributed by atoms with E-state index in [1.54, 1.807) is 18.3 Å². The Kier molecular flexibility index (Phi) is 1.96. The topological polar surface area (TPSA) is 12.9 Å². The van der Waals surface area contributed by atoms with Gasteiger partial charge in [0.05, 0.1) is 0 Å². The fraction of sp³-hybridized carbons (Fsp3) is 0. The van der Waals surface area contributed by atoms with Gasteiger partial charge in [-0.25, -0.2) is 9.37 Å². The molecule has 0 spiro atoms. The Balaban J connectivity index is 2.86. The van der Waals surface area contributed by atoms with Gasteiger partial charge in [0.1, 0.15) is 9.52 Å². The molecule has 0 saturated heterocycles. The highest BCUT2D eigenvalue weighted by atomic mass is 127. The molecule has 0 atom stereocenters. The second kappa shape index (κ2) is 2.97. The molecular weight excluding hydrogens is 268 g/mol. The van der Waals surface area contributed by atoms with E-state index in [4.69, 9.17) is 0 Å². The van der Waals surface area contributed by atoms with Gasteiger partial charge in [0, 0.05) is 11.6 Å². The van der Waals surface area contributed by atoms with Crippen molar-refractivity contribution in [3.63, 3.8) is 0 Å². The number of halogens is 2. The molecule has 1 aromatic heterocycles. The number of pyridine rings is 1. The van der Waals surface area contributed by atoms with Crippen LogP contribution in [0.25, 0.3) is 10.8 Å². The minimum Gasteiger partial charge on any atom is -0.250 e. The van der Waals surface area contributed by atoms with Gasteiger partial charge >= 0.3 is 0 Å². The molecule has 0 aliphatic carbocycles. The fourth-order valence-electron chi connectivity index (χ4n) is 1.11. The Morgan fingerprint density at radius 3 is 2.92 bits per heavy atom. The van der Waals surface area contributed by atoms with Gasteiger partial charge in [0.2, 0.25) is 0 Å². The predicted molar refractivity (Wildman–Crippen MR) is 54.4 cm³/mol. The molecule has 2 rings (SSSR count). The van der Waals surface area contributed by atoms with E-state index in [1.807, 2.05) is 0 Å². The maximum Gasteiger partial charge on any atom is 0.123 e. The number of hydrogen-bond donors (Lipinski definition) is 0. The van der Waals surface area contributed by atoms with Crippen LogP contribution >= 0.6 is 22.6 Å². The molecule has 1 nitrogen and oxygen atoms in total. The Hall–Kier alpha value is -0.710. The summed E-state index contributed by atoms with van der Waals surface area (Å²) in [6.07, 6.45) is 1.68. The average Bonchev–Trinajstić information content (AvgIpc) is 2.04. The van der Waals surface area contributed by atoms with Crippen molar-refractivity contribution in [1.29, 1.82) is 0 Å². The monoisotopic (exact) mass is 273 g/mol. The number of hydrogen-bond acceptors (Lipinski definition) is 1. The van der Waals surface area contributed by atoms with Gasteiger partial charge in [-0.1, -0.05) is 0 Å². The number of nitrogens with zero attached hydrogens (tertiary/aromatic N) is 1. The van der Waals surface area contributed by atoms with Crippen LogP contribution in [0.4, 0.5) is 4.39 Å². The average molecular weight is 273 g/mol. The fourth-order valence-corrected chi connectivity index (χ4v) is 1.76. The molecule has 0 amide bonds. The SMILES string of the molecule is Fc1ccc2c(I)nccc2c1. The summed E-state index contributed by atoms with van der Waals surface area (Å²) in [6, 6.07) is 6.52. The van der Waals surface area contributed by atoms with Crippen molar-refractivity contribution in [2.75, 3.05) is 0 Å². The Morgan fingerprint density at radius 1 is 1.25 bits per heavy atom.